The van der Waals surface area contributed by atoms with E-state index < -0.39 is 29.9 Å². The fourth-order valence-corrected chi connectivity index (χ4v) is 3.14. The highest BCUT2D eigenvalue weighted by Crippen LogP contribution is 2.35. The standard InChI is InChI=1S/C19H19F3N4O5/c1-29-12-5-4-10(8-13(12)30-2)16-15(17(27)31-3)11(23-18(28)24-16)9-26-7-6-14(25-26)19(20,21)22/h4-8,16H,9H2,1-3H3,(H2,23,24,28). The second kappa shape index (κ2) is 8.58. The number of methoxy groups -OCH3 is 3. The third-order valence-electron chi connectivity index (χ3n) is 4.55. The summed E-state index contributed by atoms with van der Waals surface area (Å²) in [5, 5.41) is 8.54. The van der Waals surface area contributed by atoms with Crippen molar-refractivity contribution in [1.82, 2.24) is 20.4 Å². The molecular formula is C19H19F3N4O5. The summed E-state index contributed by atoms with van der Waals surface area (Å²) in [6.45, 7) is -0.294. The maximum Gasteiger partial charge on any atom is 0.435 e. The van der Waals surface area contributed by atoms with Gasteiger partial charge in [-0.15, -0.1) is 0 Å². The maximum absolute atomic E-state index is 12.9. The Labute approximate surface area is 174 Å². The molecule has 0 fully saturated rings. The van der Waals surface area contributed by atoms with E-state index in [9.17, 15) is 22.8 Å². The summed E-state index contributed by atoms with van der Waals surface area (Å²) in [4.78, 5) is 24.8. The normalized spacial score (nSPS) is 16.5. The highest BCUT2D eigenvalue weighted by Gasteiger charge is 2.36. The van der Waals surface area contributed by atoms with Crippen LogP contribution in [0.15, 0.2) is 41.7 Å². The van der Waals surface area contributed by atoms with Crippen molar-refractivity contribution in [2.75, 3.05) is 21.3 Å². The summed E-state index contributed by atoms with van der Waals surface area (Å²) in [5.41, 5.74) is -0.558. The molecule has 166 valence electrons. The molecule has 0 radical (unpaired) electrons. The quantitative estimate of drug-likeness (QED) is 0.669. The van der Waals surface area contributed by atoms with E-state index in [2.05, 4.69) is 15.7 Å². The Kier molecular flexibility index (Phi) is 6.09. The first kappa shape index (κ1) is 22.0. The van der Waals surface area contributed by atoms with Gasteiger partial charge in [-0.1, -0.05) is 6.07 Å². The first-order chi connectivity index (χ1) is 14.7. The largest absolute Gasteiger partial charge is 0.493 e. The third kappa shape index (κ3) is 4.57. The second-order valence-electron chi connectivity index (χ2n) is 6.43. The van der Waals surface area contributed by atoms with Crippen molar-refractivity contribution in [3.05, 3.63) is 53.0 Å². The Morgan fingerprint density at radius 1 is 1.16 bits per heavy atom. The number of amides is 2. The molecule has 1 aliphatic heterocycles. The number of hydrogen-bond acceptors (Lipinski definition) is 6. The van der Waals surface area contributed by atoms with Crippen molar-refractivity contribution in [3.8, 4) is 11.5 Å². The van der Waals surface area contributed by atoms with E-state index in [1.165, 1.54) is 14.2 Å². The molecule has 3 rings (SSSR count). The summed E-state index contributed by atoms with van der Waals surface area (Å²) < 4.78 is 54.8. The molecule has 0 spiro atoms. The number of hydrogen-bond donors (Lipinski definition) is 2. The van der Waals surface area contributed by atoms with Gasteiger partial charge >= 0.3 is 18.2 Å². The zero-order valence-electron chi connectivity index (χ0n) is 16.7. The van der Waals surface area contributed by atoms with Crippen LogP contribution in [0.4, 0.5) is 18.0 Å². The van der Waals surface area contributed by atoms with Crippen molar-refractivity contribution in [2.24, 2.45) is 0 Å². The van der Waals surface area contributed by atoms with Crippen molar-refractivity contribution < 1.29 is 37.0 Å². The molecule has 1 aromatic heterocycles. The number of alkyl halides is 3. The molecule has 0 aliphatic carbocycles. The minimum atomic E-state index is -4.62. The lowest BCUT2D eigenvalue weighted by atomic mass is 9.94. The minimum Gasteiger partial charge on any atom is -0.493 e. The fraction of sp³-hybridized carbons (Fsp3) is 0.316. The monoisotopic (exact) mass is 440 g/mol. The number of carbonyl (C=O) groups is 2. The molecule has 1 aromatic carbocycles. The number of aromatic nitrogens is 2. The smallest absolute Gasteiger partial charge is 0.435 e. The lowest BCUT2D eigenvalue weighted by molar-refractivity contribution is -0.141. The van der Waals surface area contributed by atoms with Crippen LogP contribution in [0.2, 0.25) is 0 Å². The number of allylic oxidation sites excluding steroid dienone is 1. The van der Waals surface area contributed by atoms with Crippen molar-refractivity contribution >= 4 is 12.0 Å². The molecule has 2 amide bonds. The molecule has 2 N–H and O–H groups in total. The van der Waals surface area contributed by atoms with E-state index >= 15 is 0 Å². The molecule has 2 heterocycles. The fourth-order valence-electron chi connectivity index (χ4n) is 3.14. The van der Waals surface area contributed by atoms with Crippen LogP contribution < -0.4 is 20.1 Å². The molecule has 1 atom stereocenters. The molecule has 12 heteroatoms. The summed E-state index contributed by atoms with van der Waals surface area (Å²) in [6, 6.07) is 3.99. The van der Waals surface area contributed by atoms with E-state index in [1.807, 2.05) is 0 Å². The van der Waals surface area contributed by atoms with Crippen LogP contribution in [0.1, 0.15) is 17.3 Å². The van der Waals surface area contributed by atoms with E-state index in [4.69, 9.17) is 14.2 Å². The van der Waals surface area contributed by atoms with Crippen LogP contribution in [0.25, 0.3) is 0 Å². The maximum atomic E-state index is 12.9. The van der Waals surface area contributed by atoms with Gasteiger partial charge < -0.3 is 24.8 Å². The number of ether oxygens (including phenoxy) is 3. The summed E-state index contributed by atoms with van der Waals surface area (Å²) in [7, 11) is 4.05. The number of nitrogens with zero attached hydrogens (tertiary/aromatic N) is 2. The van der Waals surface area contributed by atoms with Crippen LogP contribution in [0, 0.1) is 0 Å². The van der Waals surface area contributed by atoms with Gasteiger partial charge in [-0.2, -0.15) is 18.3 Å². The topological polar surface area (TPSA) is 104 Å². The number of urea groups is 1. The van der Waals surface area contributed by atoms with Gasteiger partial charge in [-0.05, 0) is 23.8 Å². The van der Waals surface area contributed by atoms with E-state index in [0.29, 0.717) is 17.1 Å². The molecule has 1 aliphatic rings. The van der Waals surface area contributed by atoms with Crippen LogP contribution in [0.5, 0.6) is 11.5 Å². The van der Waals surface area contributed by atoms with E-state index in [-0.39, 0.29) is 17.8 Å². The van der Waals surface area contributed by atoms with Crippen LogP contribution in [-0.4, -0.2) is 43.1 Å². The highest BCUT2D eigenvalue weighted by atomic mass is 19.4. The van der Waals surface area contributed by atoms with Gasteiger partial charge in [0.2, 0.25) is 0 Å². The average Bonchev–Trinajstić information content (AvgIpc) is 3.21. The number of carbonyl (C=O) groups excluding carboxylic acids is 2. The van der Waals surface area contributed by atoms with Crippen molar-refractivity contribution in [3.63, 3.8) is 0 Å². The van der Waals surface area contributed by atoms with E-state index in [1.54, 1.807) is 18.2 Å². The predicted molar refractivity (Wildman–Crippen MR) is 100 cm³/mol. The van der Waals surface area contributed by atoms with Gasteiger partial charge in [0, 0.05) is 6.20 Å². The number of halogens is 3. The van der Waals surface area contributed by atoms with E-state index in [0.717, 1.165) is 24.1 Å². The molecule has 1 unspecified atom stereocenters. The molecule has 2 aromatic rings. The van der Waals surface area contributed by atoms with Gasteiger partial charge in [0.1, 0.15) is 0 Å². The van der Waals surface area contributed by atoms with Crippen molar-refractivity contribution in [2.45, 2.75) is 18.8 Å². The number of esters is 1. The number of nitrogens with one attached hydrogen (secondary N) is 2. The Morgan fingerprint density at radius 2 is 1.87 bits per heavy atom. The molecule has 9 nitrogen and oxygen atoms in total. The predicted octanol–water partition coefficient (Wildman–Crippen LogP) is 2.40. The van der Waals surface area contributed by atoms with Crippen molar-refractivity contribution in [1.29, 1.82) is 0 Å². The minimum absolute atomic E-state index is 0.0124. The third-order valence-corrected chi connectivity index (χ3v) is 4.55. The SMILES string of the molecule is COC(=O)C1=C(Cn2ccc(C(F)(F)F)n2)NC(=O)NC1c1ccc(OC)c(OC)c1. The summed E-state index contributed by atoms with van der Waals surface area (Å²) in [6.07, 6.45) is -3.52. The lowest BCUT2D eigenvalue weighted by Crippen LogP contribution is -2.46. The van der Waals surface area contributed by atoms with Crippen LogP contribution in [0.3, 0.4) is 0 Å². The van der Waals surface area contributed by atoms with Crippen LogP contribution >= 0.6 is 0 Å². The van der Waals surface area contributed by atoms with Gasteiger partial charge in [0.15, 0.2) is 17.2 Å². The zero-order valence-corrected chi connectivity index (χ0v) is 16.7. The number of benzene rings is 1. The highest BCUT2D eigenvalue weighted by molar-refractivity contribution is 5.95. The first-order valence-electron chi connectivity index (χ1n) is 8.89. The molecule has 0 bridgehead atoms. The van der Waals surface area contributed by atoms with Gasteiger partial charge in [0.05, 0.1) is 45.2 Å². The average molecular weight is 440 g/mol. The number of rotatable bonds is 6. The summed E-state index contributed by atoms with van der Waals surface area (Å²) >= 11 is 0. The molecule has 0 saturated carbocycles. The second-order valence-corrected chi connectivity index (χ2v) is 6.43. The zero-order chi connectivity index (χ0) is 22.8. The first-order valence-corrected chi connectivity index (χ1v) is 8.89. The van der Waals surface area contributed by atoms with Crippen LogP contribution in [-0.2, 0) is 22.3 Å². The molecule has 0 saturated heterocycles. The Hall–Kier alpha value is -3.70. The molecular weight excluding hydrogens is 421 g/mol. The summed E-state index contributed by atoms with van der Waals surface area (Å²) in [5.74, 6) is 0.0254. The Morgan fingerprint density at radius 3 is 2.45 bits per heavy atom. The van der Waals surface area contributed by atoms with Gasteiger partial charge in [-0.25, -0.2) is 9.59 Å². The van der Waals surface area contributed by atoms with Gasteiger partial charge in [-0.3, -0.25) is 4.68 Å². The van der Waals surface area contributed by atoms with Gasteiger partial charge in [0.25, 0.3) is 0 Å². The Bertz CT molecular complexity index is 1030. The Balaban J connectivity index is 2.06. The molecule has 31 heavy (non-hydrogen) atoms. The lowest BCUT2D eigenvalue weighted by Gasteiger charge is -2.29.